The number of halogens is 1. The number of hydrogen-bond donors (Lipinski definition) is 1. The molecule has 0 fully saturated rings. The highest BCUT2D eigenvalue weighted by Gasteiger charge is 2.16. The molecule has 0 spiro atoms. The van der Waals surface area contributed by atoms with Crippen LogP contribution in [0.4, 0.5) is 11.4 Å². The molecule has 0 radical (unpaired) electrons. The molecule has 1 heterocycles. The highest BCUT2D eigenvalue weighted by atomic mass is 35.5. The van der Waals surface area contributed by atoms with Crippen LogP contribution in [0.1, 0.15) is 0 Å². The Hall–Kier alpha value is -2.34. The maximum atomic E-state index is 10.8. The quantitative estimate of drug-likeness (QED) is 0.680. The lowest BCUT2D eigenvalue weighted by atomic mass is 10.3. The van der Waals surface area contributed by atoms with Crippen molar-refractivity contribution in [2.24, 2.45) is 0 Å². The molecule has 2 N–H and O–H groups in total. The van der Waals surface area contributed by atoms with Gasteiger partial charge in [-0.2, -0.15) is 0 Å². The topological polar surface area (TPSA) is 91.3 Å². The van der Waals surface area contributed by atoms with Gasteiger partial charge < -0.3 is 10.5 Å². The number of nitro benzene ring substituents is 1. The summed E-state index contributed by atoms with van der Waals surface area (Å²) in [6.07, 6.45) is 2.87. The van der Waals surface area contributed by atoms with E-state index in [1.165, 1.54) is 36.7 Å². The van der Waals surface area contributed by atoms with Crippen LogP contribution in [0.25, 0.3) is 0 Å². The molecule has 0 atom stereocenters. The molecule has 0 aliphatic rings. The van der Waals surface area contributed by atoms with Crippen molar-refractivity contribution in [3.8, 4) is 11.5 Å². The molecule has 1 aromatic carbocycles. The Morgan fingerprint density at radius 3 is 2.78 bits per heavy atom. The number of pyridine rings is 1. The third kappa shape index (κ3) is 2.49. The zero-order chi connectivity index (χ0) is 13.1. The van der Waals surface area contributed by atoms with Gasteiger partial charge in [-0.3, -0.25) is 15.1 Å². The smallest absolute Gasteiger partial charge is 0.311 e. The predicted molar refractivity (Wildman–Crippen MR) is 66.8 cm³/mol. The molecule has 18 heavy (non-hydrogen) atoms. The number of benzene rings is 1. The number of anilines is 1. The Labute approximate surface area is 107 Å². The van der Waals surface area contributed by atoms with Crippen molar-refractivity contribution >= 4 is 23.0 Å². The van der Waals surface area contributed by atoms with E-state index in [9.17, 15) is 10.1 Å². The summed E-state index contributed by atoms with van der Waals surface area (Å²) < 4.78 is 5.39. The predicted octanol–water partition coefficient (Wildman–Crippen LogP) is 3.02. The molecule has 6 nitrogen and oxygen atoms in total. The second-order valence-corrected chi connectivity index (χ2v) is 3.82. The van der Waals surface area contributed by atoms with Crippen LogP contribution in [0.3, 0.4) is 0 Å². The van der Waals surface area contributed by atoms with Gasteiger partial charge in [0.2, 0.25) is 5.75 Å². The molecular weight excluding hydrogens is 258 g/mol. The fourth-order valence-electron chi connectivity index (χ4n) is 1.33. The van der Waals surface area contributed by atoms with Gasteiger partial charge in [-0.15, -0.1) is 0 Å². The molecule has 7 heteroatoms. The molecule has 2 rings (SSSR count). The average Bonchev–Trinajstić information content (AvgIpc) is 2.32. The monoisotopic (exact) mass is 265 g/mol. The van der Waals surface area contributed by atoms with Gasteiger partial charge in [0.1, 0.15) is 0 Å². The van der Waals surface area contributed by atoms with Crippen molar-refractivity contribution in [1.82, 2.24) is 4.98 Å². The van der Waals surface area contributed by atoms with Crippen LogP contribution in [0, 0.1) is 10.1 Å². The summed E-state index contributed by atoms with van der Waals surface area (Å²) in [5.74, 6) is 0.320. The summed E-state index contributed by atoms with van der Waals surface area (Å²) in [4.78, 5) is 14.1. The molecule has 0 aliphatic carbocycles. The Morgan fingerprint density at radius 2 is 2.11 bits per heavy atom. The van der Waals surface area contributed by atoms with E-state index in [2.05, 4.69) is 4.98 Å². The van der Waals surface area contributed by atoms with Gasteiger partial charge in [-0.25, -0.2) is 0 Å². The summed E-state index contributed by atoms with van der Waals surface area (Å²) in [5, 5.41) is 11.2. The molecule has 0 amide bonds. The molecular formula is C11H8ClN3O3. The van der Waals surface area contributed by atoms with Crippen molar-refractivity contribution in [1.29, 1.82) is 0 Å². The van der Waals surface area contributed by atoms with E-state index in [0.29, 0.717) is 5.02 Å². The molecule has 0 bridgehead atoms. The van der Waals surface area contributed by atoms with Gasteiger partial charge in [0.25, 0.3) is 0 Å². The van der Waals surface area contributed by atoms with E-state index in [1.807, 2.05) is 0 Å². The lowest BCUT2D eigenvalue weighted by molar-refractivity contribution is -0.385. The maximum absolute atomic E-state index is 10.8. The second-order valence-electron chi connectivity index (χ2n) is 3.38. The van der Waals surface area contributed by atoms with E-state index >= 15 is 0 Å². The Bertz CT molecular complexity index is 604. The van der Waals surface area contributed by atoms with E-state index in [1.54, 1.807) is 0 Å². The van der Waals surface area contributed by atoms with Crippen molar-refractivity contribution in [2.45, 2.75) is 0 Å². The van der Waals surface area contributed by atoms with Crippen LogP contribution < -0.4 is 10.5 Å². The summed E-state index contributed by atoms with van der Waals surface area (Å²) >= 11 is 5.78. The molecule has 1 aromatic heterocycles. The number of hydrogen-bond acceptors (Lipinski definition) is 5. The zero-order valence-corrected chi connectivity index (χ0v) is 9.79. The van der Waals surface area contributed by atoms with Gasteiger partial charge in [0.15, 0.2) is 5.75 Å². The molecule has 2 aromatic rings. The van der Waals surface area contributed by atoms with E-state index in [4.69, 9.17) is 22.1 Å². The zero-order valence-electron chi connectivity index (χ0n) is 9.04. The Kier molecular flexibility index (Phi) is 3.29. The third-order valence-electron chi connectivity index (χ3n) is 2.15. The SMILES string of the molecule is Nc1cnccc1Oc1cc(Cl)ccc1[N+](=O)[O-]. The largest absolute Gasteiger partial charge is 0.448 e. The Balaban J connectivity index is 2.42. The van der Waals surface area contributed by atoms with Gasteiger partial charge in [0, 0.05) is 29.4 Å². The minimum atomic E-state index is -0.553. The first-order valence-corrected chi connectivity index (χ1v) is 5.27. The van der Waals surface area contributed by atoms with E-state index < -0.39 is 4.92 Å². The number of nitrogens with zero attached hydrogens (tertiary/aromatic N) is 2. The average molecular weight is 266 g/mol. The number of ether oxygens (including phenoxy) is 1. The Morgan fingerprint density at radius 1 is 1.33 bits per heavy atom. The summed E-state index contributed by atoms with van der Waals surface area (Å²) in [6.45, 7) is 0. The summed E-state index contributed by atoms with van der Waals surface area (Å²) in [6, 6.07) is 5.57. The number of nitrogens with two attached hydrogens (primary N) is 1. The number of nitro groups is 1. The number of nitrogen functional groups attached to an aromatic ring is 1. The lowest BCUT2D eigenvalue weighted by Gasteiger charge is -2.08. The fourth-order valence-corrected chi connectivity index (χ4v) is 1.49. The first kappa shape index (κ1) is 12.1. The summed E-state index contributed by atoms with van der Waals surface area (Å²) in [5.41, 5.74) is 5.74. The lowest BCUT2D eigenvalue weighted by Crippen LogP contribution is -1.96. The van der Waals surface area contributed by atoms with Crippen LogP contribution in [0.15, 0.2) is 36.7 Å². The molecule has 0 saturated carbocycles. The maximum Gasteiger partial charge on any atom is 0.311 e. The normalized spacial score (nSPS) is 10.1. The van der Waals surface area contributed by atoms with Gasteiger partial charge in [0.05, 0.1) is 16.8 Å². The van der Waals surface area contributed by atoms with Crippen LogP contribution >= 0.6 is 11.6 Å². The van der Waals surface area contributed by atoms with Crippen molar-refractivity contribution in [3.63, 3.8) is 0 Å². The first-order valence-electron chi connectivity index (χ1n) is 4.89. The standard InChI is InChI=1S/C11H8ClN3O3/c12-7-1-2-9(15(16)17)11(5-7)18-10-3-4-14-6-8(10)13/h1-6H,13H2. The first-order chi connectivity index (χ1) is 8.58. The minimum absolute atomic E-state index is 0.0328. The van der Waals surface area contributed by atoms with Crippen LogP contribution in [0.2, 0.25) is 5.02 Å². The highest BCUT2D eigenvalue weighted by molar-refractivity contribution is 6.30. The molecule has 0 unspecified atom stereocenters. The van der Waals surface area contributed by atoms with Crippen LogP contribution in [-0.4, -0.2) is 9.91 Å². The van der Waals surface area contributed by atoms with Crippen LogP contribution in [0.5, 0.6) is 11.5 Å². The van der Waals surface area contributed by atoms with E-state index in [0.717, 1.165) is 0 Å². The third-order valence-corrected chi connectivity index (χ3v) is 2.38. The second kappa shape index (κ2) is 4.89. The van der Waals surface area contributed by atoms with Gasteiger partial charge in [-0.05, 0) is 6.07 Å². The molecule has 0 saturated heterocycles. The van der Waals surface area contributed by atoms with Crippen molar-refractivity contribution in [3.05, 3.63) is 51.8 Å². The van der Waals surface area contributed by atoms with Gasteiger partial charge >= 0.3 is 5.69 Å². The number of rotatable bonds is 3. The highest BCUT2D eigenvalue weighted by Crippen LogP contribution is 2.35. The van der Waals surface area contributed by atoms with Crippen molar-refractivity contribution in [2.75, 3.05) is 5.73 Å². The van der Waals surface area contributed by atoms with Crippen molar-refractivity contribution < 1.29 is 9.66 Å². The van der Waals surface area contributed by atoms with Crippen LogP contribution in [-0.2, 0) is 0 Å². The summed E-state index contributed by atoms with van der Waals surface area (Å²) in [7, 11) is 0. The molecule has 92 valence electrons. The molecule has 0 aliphatic heterocycles. The van der Waals surface area contributed by atoms with Gasteiger partial charge in [-0.1, -0.05) is 11.6 Å². The minimum Gasteiger partial charge on any atom is -0.448 e. The van der Waals surface area contributed by atoms with E-state index in [-0.39, 0.29) is 22.9 Å². The fraction of sp³-hybridized carbons (Fsp3) is 0. The number of aromatic nitrogens is 1.